The van der Waals surface area contributed by atoms with Gasteiger partial charge < -0.3 is 0 Å². The lowest BCUT2D eigenvalue weighted by atomic mass is 10.2. The van der Waals surface area contributed by atoms with E-state index in [-0.39, 0.29) is 5.69 Å². The van der Waals surface area contributed by atoms with E-state index in [1.165, 1.54) is 4.68 Å². The summed E-state index contributed by atoms with van der Waals surface area (Å²) in [4.78, 5) is 10.5. The van der Waals surface area contributed by atoms with Crippen LogP contribution in [0.25, 0.3) is 5.69 Å². The predicted molar refractivity (Wildman–Crippen MR) is 67.7 cm³/mol. The number of nitro groups is 1. The Balaban J connectivity index is 2.60. The summed E-state index contributed by atoms with van der Waals surface area (Å²) in [7, 11) is 0. The number of hydrogen-bond donors (Lipinski definition) is 0. The largest absolute Gasteiger partial charge is 0.295 e. The first-order valence-corrected chi connectivity index (χ1v) is 5.61. The monoisotopic (exact) mass is 329 g/mol. The van der Waals surface area contributed by atoms with Gasteiger partial charge in [0.25, 0.3) is 5.69 Å². The minimum atomic E-state index is -0.392. The van der Waals surface area contributed by atoms with Crippen LogP contribution in [0.3, 0.4) is 0 Å². The molecule has 0 aliphatic heterocycles. The van der Waals surface area contributed by atoms with E-state index < -0.39 is 4.92 Å². The lowest BCUT2D eigenvalue weighted by Gasteiger charge is -2.03. The van der Waals surface area contributed by atoms with Gasteiger partial charge in [-0.05, 0) is 41.1 Å². The lowest BCUT2D eigenvalue weighted by Crippen LogP contribution is -2.00. The summed E-state index contributed by atoms with van der Waals surface area (Å²) in [6, 6.07) is 5.08. The van der Waals surface area contributed by atoms with Crippen molar-refractivity contribution in [1.29, 1.82) is 0 Å². The highest BCUT2D eigenvalue weighted by molar-refractivity contribution is 14.1. The van der Waals surface area contributed by atoms with Crippen LogP contribution in [0, 0.1) is 20.6 Å². The van der Waals surface area contributed by atoms with E-state index >= 15 is 0 Å². The summed E-state index contributed by atoms with van der Waals surface area (Å²) in [5.41, 5.74) is 1.41. The second-order valence-electron chi connectivity index (χ2n) is 3.35. The van der Waals surface area contributed by atoms with Crippen molar-refractivity contribution in [3.63, 3.8) is 0 Å². The zero-order valence-corrected chi connectivity index (χ0v) is 10.6. The van der Waals surface area contributed by atoms with E-state index in [1.807, 2.05) is 13.0 Å². The molecule has 0 radical (unpaired) electrons. The number of aryl methyl sites for hydroxylation is 1. The first-order valence-electron chi connectivity index (χ1n) is 4.53. The third kappa shape index (κ3) is 2.06. The molecule has 2 rings (SSSR count). The molecule has 1 heterocycles. The molecule has 0 N–H and O–H groups in total. The topological polar surface area (TPSA) is 61.0 Å². The van der Waals surface area contributed by atoms with Crippen LogP contribution in [-0.2, 0) is 0 Å². The number of hydrogen-bond acceptors (Lipinski definition) is 3. The maximum absolute atomic E-state index is 10.9. The average Bonchev–Trinajstić information content (AvgIpc) is 2.64. The van der Waals surface area contributed by atoms with E-state index in [0.29, 0.717) is 5.69 Å². The molecule has 0 saturated carbocycles. The number of aromatic nitrogens is 2. The molecule has 0 amide bonds. The summed E-state index contributed by atoms with van der Waals surface area (Å²) in [6.45, 7) is 1.82. The fourth-order valence-electron chi connectivity index (χ4n) is 1.41. The number of rotatable bonds is 2. The average molecular weight is 329 g/mol. The fraction of sp³-hybridized carbons (Fsp3) is 0.100. The molecule has 0 bridgehead atoms. The highest BCUT2D eigenvalue weighted by Gasteiger charge is 2.15. The SMILES string of the molecule is Cc1ccc(-n2cc(I)cn2)c([N+](=O)[O-])c1. The van der Waals surface area contributed by atoms with Crippen molar-refractivity contribution in [3.05, 3.63) is 49.8 Å². The van der Waals surface area contributed by atoms with Gasteiger partial charge in [-0.15, -0.1) is 0 Å². The van der Waals surface area contributed by atoms with Crippen LogP contribution in [0.2, 0.25) is 0 Å². The van der Waals surface area contributed by atoms with Crippen molar-refractivity contribution < 1.29 is 4.92 Å². The van der Waals surface area contributed by atoms with Gasteiger partial charge in [0.2, 0.25) is 0 Å². The van der Waals surface area contributed by atoms with E-state index in [2.05, 4.69) is 27.7 Å². The van der Waals surface area contributed by atoms with Gasteiger partial charge in [-0.25, -0.2) is 4.68 Å². The Morgan fingerprint density at radius 2 is 2.25 bits per heavy atom. The number of nitro benzene ring substituents is 1. The van der Waals surface area contributed by atoms with E-state index in [4.69, 9.17) is 0 Å². The summed E-state index contributed by atoms with van der Waals surface area (Å²) in [5, 5.41) is 15.0. The molecule has 6 heteroatoms. The molecule has 0 fully saturated rings. The van der Waals surface area contributed by atoms with Crippen LogP contribution < -0.4 is 0 Å². The molecule has 0 aliphatic rings. The highest BCUT2D eigenvalue weighted by atomic mass is 127. The predicted octanol–water partition coefficient (Wildman–Crippen LogP) is 2.69. The Morgan fingerprint density at radius 1 is 1.50 bits per heavy atom. The number of nitrogens with zero attached hydrogens (tertiary/aromatic N) is 3. The van der Waals surface area contributed by atoms with Crippen molar-refractivity contribution in [1.82, 2.24) is 9.78 Å². The van der Waals surface area contributed by atoms with Crippen molar-refractivity contribution in [2.75, 3.05) is 0 Å². The van der Waals surface area contributed by atoms with Gasteiger partial charge in [0, 0.05) is 12.3 Å². The standard InChI is InChI=1S/C10H8IN3O2/c1-7-2-3-9(10(4-7)14(15)16)13-6-8(11)5-12-13/h2-6H,1H3. The molecule has 82 valence electrons. The Kier molecular flexibility index (Phi) is 2.90. The smallest absolute Gasteiger partial charge is 0.258 e. The second-order valence-corrected chi connectivity index (χ2v) is 4.60. The first kappa shape index (κ1) is 11.1. The van der Waals surface area contributed by atoms with Crippen LogP contribution in [0.4, 0.5) is 5.69 Å². The maximum Gasteiger partial charge on any atom is 0.295 e. The van der Waals surface area contributed by atoms with Gasteiger partial charge >= 0.3 is 0 Å². The van der Waals surface area contributed by atoms with Gasteiger partial charge in [0.1, 0.15) is 5.69 Å². The van der Waals surface area contributed by atoms with Crippen LogP contribution in [0.5, 0.6) is 0 Å². The van der Waals surface area contributed by atoms with Crippen molar-refractivity contribution >= 4 is 28.3 Å². The van der Waals surface area contributed by atoms with Gasteiger partial charge in [-0.2, -0.15) is 5.10 Å². The van der Waals surface area contributed by atoms with Gasteiger partial charge in [0.15, 0.2) is 0 Å². The zero-order chi connectivity index (χ0) is 11.7. The van der Waals surface area contributed by atoms with E-state index in [0.717, 1.165) is 9.13 Å². The summed E-state index contributed by atoms with van der Waals surface area (Å²) in [6.07, 6.45) is 3.41. The summed E-state index contributed by atoms with van der Waals surface area (Å²) < 4.78 is 2.45. The van der Waals surface area contributed by atoms with Gasteiger partial charge in [-0.1, -0.05) is 6.07 Å². The van der Waals surface area contributed by atoms with Crippen LogP contribution in [0.1, 0.15) is 5.56 Å². The van der Waals surface area contributed by atoms with Crippen molar-refractivity contribution in [3.8, 4) is 5.69 Å². The van der Waals surface area contributed by atoms with Crippen molar-refractivity contribution in [2.24, 2.45) is 0 Å². The number of halogens is 1. The van der Waals surface area contributed by atoms with Crippen LogP contribution >= 0.6 is 22.6 Å². The maximum atomic E-state index is 10.9. The fourth-order valence-corrected chi connectivity index (χ4v) is 1.79. The van der Waals surface area contributed by atoms with Crippen molar-refractivity contribution in [2.45, 2.75) is 6.92 Å². The molecule has 16 heavy (non-hydrogen) atoms. The Morgan fingerprint density at radius 3 is 2.81 bits per heavy atom. The molecule has 0 atom stereocenters. The molecule has 1 aromatic heterocycles. The zero-order valence-electron chi connectivity index (χ0n) is 8.42. The first-order chi connectivity index (χ1) is 7.58. The minimum Gasteiger partial charge on any atom is -0.258 e. The Bertz CT molecular complexity index is 551. The molecule has 0 unspecified atom stereocenters. The van der Waals surface area contributed by atoms with Gasteiger partial charge in [-0.3, -0.25) is 10.1 Å². The Hall–Kier alpha value is -1.44. The quantitative estimate of drug-likeness (QED) is 0.483. The molecule has 5 nitrogen and oxygen atoms in total. The molecule has 0 aliphatic carbocycles. The third-order valence-electron chi connectivity index (χ3n) is 2.13. The number of benzene rings is 1. The normalized spacial score (nSPS) is 10.4. The molecule has 0 saturated heterocycles. The Labute approximate surface area is 105 Å². The molecule has 1 aromatic carbocycles. The molecule has 2 aromatic rings. The molecular formula is C10H8IN3O2. The lowest BCUT2D eigenvalue weighted by molar-refractivity contribution is -0.384. The van der Waals surface area contributed by atoms with Gasteiger partial charge in [0.05, 0.1) is 14.7 Å². The second kappa shape index (κ2) is 4.20. The van der Waals surface area contributed by atoms with Crippen LogP contribution in [0.15, 0.2) is 30.6 Å². The highest BCUT2D eigenvalue weighted by Crippen LogP contribution is 2.23. The third-order valence-corrected chi connectivity index (χ3v) is 2.68. The molecular weight excluding hydrogens is 321 g/mol. The van der Waals surface area contributed by atoms with E-state index in [9.17, 15) is 10.1 Å². The summed E-state index contributed by atoms with van der Waals surface area (Å²) >= 11 is 2.11. The molecule has 0 spiro atoms. The van der Waals surface area contributed by atoms with Crippen LogP contribution in [-0.4, -0.2) is 14.7 Å². The minimum absolute atomic E-state index is 0.0690. The summed E-state index contributed by atoms with van der Waals surface area (Å²) in [5.74, 6) is 0. The van der Waals surface area contributed by atoms with E-state index in [1.54, 1.807) is 24.5 Å².